The van der Waals surface area contributed by atoms with E-state index in [9.17, 15) is 63.0 Å². The van der Waals surface area contributed by atoms with Gasteiger partial charge in [-0.1, -0.05) is 27.7 Å². The van der Waals surface area contributed by atoms with Crippen molar-refractivity contribution >= 4 is 88.6 Å². The number of nitrogens with one attached hydrogen (secondary N) is 7. The summed E-state index contributed by atoms with van der Waals surface area (Å²) in [5, 5.41) is 37.3. The quantitative estimate of drug-likeness (QED) is 0.0213. The molecule has 1 heterocycles. The number of amides is 10. The molecule has 0 aliphatic carbocycles. The number of hydrogen-bond donors (Lipinski definition) is 13. The second-order valence-electron chi connectivity index (χ2n) is 18.3. The van der Waals surface area contributed by atoms with Crippen LogP contribution in [0.2, 0.25) is 0 Å². The number of carbonyl (C=O) groups is 11. The summed E-state index contributed by atoms with van der Waals surface area (Å²) in [6.45, 7) is 6.27. The Morgan fingerprint density at radius 2 is 1.10 bits per heavy atom. The lowest BCUT2D eigenvalue weighted by Gasteiger charge is -2.29. The lowest BCUT2D eigenvalue weighted by Crippen LogP contribution is -2.61. The Balaban J connectivity index is 3.42. The van der Waals surface area contributed by atoms with Crippen molar-refractivity contribution in [3.8, 4) is 0 Å². The van der Waals surface area contributed by atoms with Gasteiger partial charge in [0.1, 0.15) is 42.3 Å². The van der Waals surface area contributed by atoms with Crippen molar-refractivity contribution in [1.82, 2.24) is 42.1 Å². The molecule has 72 heavy (non-hydrogen) atoms. The molecule has 1 aliphatic heterocycles. The maximum atomic E-state index is 14.2. The Bertz CT molecular complexity index is 1850. The molecule has 0 aromatic rings. The standard InChI is InChI=1S/C45H80N12O13S2/c1-24(2)21-31(42(66)55-32-22-35(60)57(44(32)68)33(23-58)45(69)70)54-43(67)36(25(3)4)56-41(65)28(12-8-10-18-47)52-38(62)27(11-7-9-17-46)51-40(64)30(16-20-72-6)53-39(63)29(13-14-34(49)59)50-37(61)26(48)15-19-71-5/h24-33,36,58H,7-23,46-48H2,1-6H3,(H2,49,59)(H,50,61)(H,51,64)(H,52,62)(H,53,63)(H,54,67)(H,55,66)(H,56,65)(H,69,70)/t26-,27-,28-,29-,30-,31-,32-,33-,36-/m0/s1. The van der Waals surface area contributed by atoms with E-state index in [1.165, 1.54) is 23.5 Å². The summed E-state index contributed by atoms with van der Waals surface area (Å²) in [6.07, 6.45) is 4.84. The number of hydrogen-bond acceptors (Lipinski definition) is 17. The number of thioether (sulfide) groups is 2. The van der Waals surface area contributed by atoms with Crippen LogP contribution in [0.4, 0.5) is 0 Å². The van der Waals surface area contributed by atoms with Gasteiger partial charge in [-0.2, -0.15) is 23.5 Å². The average Bonchev–Trinajstić information content (AvgIpc) is 3.58. The molecule has 9 atom stereocenters. The summed E-state index contributed by atoms with van der Waals surface area (Å²) >= 11 is 2.86. The number of nitrogens with zero attached hydrogens (tertiary/aromatic N) is 1. The number of aliphatic hydroxyl groups is 1. The van der Waals surface area contributed by atoms with Crippen LogP contribution in [0.5, 0.6) is 0 Å². The number of aliphatic hydroxyl groups excluding tert-OH is 1. The number of carbonyl (C=O) groups excluding carboxylic acids is 10. The normalized spacial score (nSPS) is 16.9. The van der Waals surface area contributed by atoms with Crippen molar-refractivity contribution in [2.45, 2.75) is 159 Å². The minimum atomic E-state index is -1.86. The molecule has 410 valence electrons. The van der Waals surface area contributed by atoms with Crippen LogP contribution < -0.4 is 60.2 Å². The molecule has 0 aromatic carbocycles. The molecule has 0 aromatic heterocycles. The number of primary amides is 1. The predicted octanol–water partition coefficient (Wildman–Crippen LogP) is -3.36. The maximum absolute atomic E-state index is 14.2. The van der Waals surface area contributed by atoms with Crippen LogP contribution in [0.1, 0.15) is 105 Å². The van der Waals surface area contributed by atoms with Gasteiger partial charge >= 0.3 is 5.97 Å². The summed E-state index contributed by atoms with van der Waals surface area (Å²) in [7, 11) is 0. The maximum Gasteiger partial charge on any atom is 0.329 e. The van der Waals surface area contributed by atoms with Gasteiger partial charge in [-0.3, -0.25) is 52.8 Å². The molecule has 1 saturated heterocycles. The van der Waals surface area contributed by atoms with Gasteiger partial charge in [0, 0.05) is 6.42 Å². The fraction of sp³-hybridized carbons (Fsp3) is 0.756. The van der Waals surface area contributed by atoms with E-state index in [1.54, 1.807) is 34.0 Å². The molecule has 1 fully saturated rings. The van der Waals surface area contributed by atoms with E-state index in [0.29, 0.717) is 48.5 Å². The summed E-state index contributed by atoms with van der Waals surface area (Å²) in [5.74, 6) is -9.53. The zero-order valence-electron chi connectivity index (χ0n) is 42.3. The van der Waals surface area contributed by atoms with Crippen molar-refractivity contribution in [2.24, 2.45) is 34.8 Å². The van der Waals surface area contributed by atoms with E-state index < -0.39 is 138 Å². The smallest absolute Gasteiger partial charge is 0.329 e. The number of nitrogens with two attached hydrogens (primary N) is 4. The molecule has 0 bridgehead atoms. The Morgan fingerprint density at radius 3 is 1.54 bits per heavy atom. The third-order valence-electron chi connectivity index (χ3n) is 11.5. The first kappa shape index (κ1) is 64.9. The monoisotopic (exact) mass is 1060 g/mol. The molecule has 0 spiro atoms. The van der Waals surface area contributed by atoms with E-state index in [2.05, 4.69) is 37.2 Å². The number of carboxylic acids is 1. The average molecular weight is 1060 g/mol. The van der Waals surface area contributed by atoms with Crippen LogP contribution in [-0.4, -0.2) is 178 Å². The van der Waals surface area contributed by atoms with Crippen molar-refractivity contribution < 1.29 is 63.0 Å². The van der Waals surface area contributed by atoms with Gasteiger partial charge in [0.2, 0.25) is 53.2 Å². The molecule has 10 amide bonds. The fourth-order valence-electron chi connectivity index (χ4n) is 7.44. The highest BCUT2D eigenvalue weighted by atomic mass is 32.2. The summed E-state index contributed by atoms with van der Waals surface area (Å²) in [4.78, 5) is 146. The topological polar surface area (TPSA) is 420 Å². The fourth-order valence-corrected chi connectivity index (χ4v) is 8.40. The first-order chi connectivity index (χ1) is 34.0. The number of likely N-dealkylation sites (tertiary alicyclic amines) is 1. The lowest BCUT2D eigenvalue weighted by molar-refractivity contribution is -0.156. The molecule has 0 saturated carbocycles. The highest BCUT2D eigenvalue weighted by Gasteiger charge is 2.46. The van der Waals surface area contributed by atoms with Gasteiger partial charge in [0.25, 0.3) is 5.91 Å². The zero-order chi connectivity index (χ0) is 54.7. The first-order valence-corrected chi connectivity index (χ1v) is 27.0. The van der Waals surface area contributed by atoms with Crippen LogP contribution in [0.25, 0.3) is 0 Å². The van der Waals surface area contributed by atoms with Crippen molar-refractivity contribution in [3.05, 3.63) is 0 Å². The molecular formula is C45H80N12O13S2. The minimum Gasteiger partial charge on any atom is -0.480 e. The van der Waals surface area contributed by atoms with Gasteiger partial charge in [-0.25, -0.2) is 4.79 Å². The summed E-state index contributed by atoms with van der Waals surface area (Å²) in [5.41, 5.74) is 22.9. The first-order valence-electron chi connectivity index (χ1n) is 24.2. The number of carboxylic acid groups (broad SMARTS) is 1. The van der Waals surface area contributed by atoms with E-state index in [4.69, 9.17) is 22.9 Å². The molecule has 0 radical (unpaired) electrons. The van der Waals surface area contributed by atoms with Gasteiger partial charge in [-0.05, 0) is 113 Å². The molecule has 1 aliphatic rings. The van der Waals surface area contributed by atoms with Crippen LogP contribution in [0, 0.1) is 11.8 Å². The van der Waals surface area contributed by atoms with E-state index in [1.807, 2.05) is 6.26 Å². The number of aliphatic carboxylic acids is 1. The van der Waals surface area contributed by atoms with Crippen molar-refractivity contribution in [3.63, 3.8) is 0 Å². The van der Waals surface area contributed by atoms with E-state index in [-0.39, 0.29) is 57.5 Å². The molecular weight excluding hydrogens is 981 g/mol. The highest BCUT2D eigenvalue weighted by Crippen LogP contribution is 2.18. The van der Waals surface area contributed by atoms with Gasteiger partial charge in [-0.15, -0.1) is 0 Å². The molecule has 0 unspecified atom stereocenters. The van der Waals surface area contributed by atoms with E-state index in [0.717, 1.165) is 0 Å². The van der Waals surface area contributed by atoms with Crippen LogP contribution in [-0.2, 0) is 52.7 Å². The number of rotatable bonds is 37. The van der Waals surface area contributed by atoms with Gasteiger partial charge in [0.15, 0.2) is 6.04 Å². The minimum absolute atomic E-state index is 0.0415. The summed E-state index contributed by atoms with van der Waals surface area (Å²) < 4.78 is 0. The largest absolute Gasteiger partial charge is 0.480 e. The van der Waals surface area contributed by atoms with E-state index >= 15 is 0 Å². The SMILES string of the molecule is CSCC[C@H](NC(=O)[C@H](CCC(N)=O)NC(=O)[C@@H](N)CCSC)C(=O)N[C@@H](CCCCN)C(=O)N[C@@H](CCCCN)C(=O)N[C@H](C(=O)N[C@@H](CC(C)C)C(=O)N[C@H]1CC(=O)N([C@@H](CO)C(=O)O)C1=O)C(C)C. The van der Waals surface area contributed by atoms with Crippen molar-refractivity contribution in [1.29, 1.82) is 0 Å². The number of imide groups is 1. The molecule has 17 N–H and O–H groups in total. The molecule has 25 nitrogen and oxygen atoms in total. The van der Waals surface area contributed by atoms with Gasteiger partial charge in [0.05, 0.1) is 19.1 Å². The zero-order valence-corrected chi connectivity index (χ0v) is 44.0. The third-order valence-corrected chi connectivity index (χ3v) is 12.8. The Morgan fingerprint density at radius 1 is 0.639 bits per heavy atom. The second kappa shape index (κ2) is 34.4. The highest BCUT2D eigenvalue weighted by molar-refractivity contribution is 7.98. The Labute approximate surface area is 429 Å². The van der Waals surface area contributed by atoms with Crippen LogP contribution in [0.15, 0.2) is 0 Å². The van der Waals surface area contributed by atoms with Crippen molar-refractivity contribution in [2.75, 3.05) is 43.7 Å². The number of unbranched alkanes of at least 4 members (excludes halogenated alkanes) is 2. The lowest BCUT2D eigenvalue weighted by atomic mass is 9.98. The second-order valence-corrected chi connectivity index (χ2v) is 20.3. The predicted molar refractivity (Wildman–Crippen MR) is 271 cm³/mol. The Kier molecular flexibility index (Phi) is 31.0. The summed E-state index contributed by atoms with van der Waals surface area (Å²) in [6, 6.07) is -11.9. The van der Waals surface area contributed by atoms with Crippen LogP contribution in [0.3, 0.4) is 0 Å². The van der Waals surface area contributed by atoms with Gasteiger partial charge < -0.3 is 70.4 Å². The molecule has 27 heteroatoms. The van der Waals surface area contributed by atoms with Crippen LogP contribution >= 0.6 is 23.5 Å². The molecule has 1 rings (SSSR count). The third kappa shape index (κ3) is 22.8. The Hall–Kier alpha value is -5.09.